The van der Waals surface area contributed by atoms with Crippen LogP contribution in [0.2, 0.25) is 0 Å². The Balaban J connectivity index is 2.48. The number of amides is 1. The van der Waals surface area contributed by atoms with Crippen molar-refractivity contribution >= 4 is 17.6 Å². The van der Waals surface area contributed by atoms with Crippen molar-refractivity contribution in [1.29, 1.82) is 0 Å². The number of nitrogens with two attached hydrogens (primary N) is 1. The van der Waals surface area contributed by atoms with Crippen molar-refractivity contribution < 1.29 is 19.2 Å². The molecule has 1 aromatic rings. The maximum Gasteiger partial charge on any atom is 0.336 e. The van der Waals surface area contributed by atoms with Crippen LogP contribution in [0.3, 0.4) is 0 Å². The van der Waals surface area contributed by atoms with Gasteiger partial charge in [-0.05, 0) is 20.3 Å². The fraction of sp³-hybridized carbons (Fsp3) is 0.429. The Morgan fingerprint density at radius 2 is 1.79 bits per heavy atom. The SMILES string of the molecule is CCCCCCOC(=O)C1=C(C)NC(C)=C(C(N)=O)C1c1ccccc1[N+](=O)[O-]. The van der Waals surface area contributed by atoms with Gasteiger partial charge in [0.1, 0.15) is 0 Å². The minimum Gasteiger partial charge on any atom is -0.462 e. The number of nitro benzene ring substituents is 1. The fourth-order valence-corrected chi connectivity index (χ4v) is 3.57. The number of dihydropyridines is 1. The third-order valence-corrected chi connectivity index (χ3v) is 4.92. The second-order valence-electron chi connectivity index (χ2n) is 7.01. The maximum atomic E-state index is 12.9. The van der Waals surface area contributed by atoms with Crippen molar-refractivity contribution in [2.75, 3.05) is 6.61 Å². The molecule has 1 heterocycles. The summed E-state index contributed by atoms with van der Waals surface area (Å²) in [5.74, 6) is -2.33. The Labute approximate surface area is 169 Å². The Morgan fingerprint density at radius 1 is 1.14 bits per heavy atom. The zero-order chi connectivity index (χ0) is 21.6. The van der Waals surface area contributed by atoms with Gasteiger partial charge in [-0.2, -0.15) is 0 Å². The van der Waals surface area contributed by atoms with Crippen molar-refractivity contribution in [3.63, 3.8) is 0 Å². The summed E-state index contributed by atoms with van der Waals surface area (Å²) in [5, 5.41) is 14.6. The van der Waals surface area contributed by atoms with Gasteiger partial charge in [-0.1, -0.05) is 44.4 Å². The molecule has 1 unspecified atom stereocenters. The van der Waals surface area contributed by atoms with Crippen molar-refractivity contribution in [3.8, 4) is 0 Å². The maximum absolute atomic E-state index is 12.9. The molecule has 1 aromatic carbocycles. The van der Waals surface area contributed by atoms with Gasteiger partial charge >= 0.3 is 5.97 Å². The molecule has 3 N–H and O–H groups in total. The van der Waals surface area contributed by atoms with Crippen molar-refractivity contribution in [2.45, 2.75) is 52.4 Å². The second kappa shape index (κ2) is 9.86. The monoisotopic (exact) mass is 401 g/mol. The Bertz CT molecular complexity index is 873. The van der Waals surface area contributed by atoms with Gasteiger partial charge in [0.15, 0.2) is 0 Å². The normalized spacial score (nSPS) is 16.4. The molecule has 8 nitrogen and oxygen atoms in total. The summed E-state index contributed by atoms with van der Waals surface area (Å²) in [5.41, 5.74) is 6.84. The number of nitro groups is 1. The van der Waals surface area contributed by atoms with E-state index in [-0.39, 0.29) is 29.0 Å². The van der Waals surface area contributed by atoms with Gasteiger partial charge in [-0.15, -0.1) is 0 Å². The molecule has 0 bridgehead atoms. The minimum absolute atomic E-state index is 0.114. The summed E-state index contributed by atoms with van der Waals surface area (Å²) >= 11 is 0. The highest BCUT2D eigenvalue weighted by Crippen LogP contribution is 2.41. The molecule has 156 valence electrons. The number of hydrogen-bond acceptors (Lipinski definition) is 6. The van der Waals surface area contributed by atoms with Crippen LogP contribution in [0.5, 0.6) is 0 Å². The molecule has 1 aliphatic heterocycles. The molecular formula is C21H27N3O5. The van der Waals surface area contributed by atoms with Crippen LogP contribution in [0.1, 0.15) is 57.9 Å². The van der Waals surface area contributed by atoms with Gasteiger partial charge in [0.25, 0.3) is 5.69 Å². The number of unbranched alkanes of at least 4 members (excludes halogenated alkanes) is 3. The molecule has 29 heavy (non-hydrogen) atoms. The predicted molar refractivity (Wildman–Crippen MR) is 109 cm³/mol. The van der Waals surface area contributed by atoms with E-state index in [1.165, 1.54) is 18.2 Å². The highest BCUT2D eigenvalue weighted by atomic mass is 16.6. The summed E-state index contributed by atoms with van der Waals surface area (Å²) in [4.78, 5) is 36.2. The molecule has 1 aliphatic rings. The van der Waals surface area contributed by atoms with E-state index >= 15 is 0 Å². The van der Waals surface area contributed by atoms with Crippen molar-refractivity contribution in [3.05, 3.63) is 62.5 Å². The average molecular weight is 401 g/mol. The minimum atomic E-state index is -0.974. The molecular weight excluding hydrogens is 374 g/mol. The third kappa shape index (κ3) is 5.01. The van der Waals surface area contributed by atoms with Crippen LogP contribution >= 0.6 is 0 Å². The van der Waals surface area contributed by atoms with Gasteiger partial charge in [0, 0.05) is 28.6 Å². The number of benzene rings is 1. The van der Waals surface area contributed by atoms with E-state index in [2.05, 4.69) is 12.2 Å². The first-order chi connectivity index (χ1) is 13.8. The zero-order valence-electron chi connectivity index (χ0n) is 17.0. The number of esters is 1. The molecule has 0 aliphatic carbocycles. The summed E-state index contributed by atoms with van der Waals surface area (Å²) in [7, 11) is 0. The van der Waals surface area contributed by atoms with Crippen LogP contribution in [0.4, 0.5) is 5.69 Å². The second-order valence-corrected chi connectivity index (χ2v) is 7.01. The van der Waals surface area contributed by atoms with Crippen LogP contribution in [0.25, 0.3) is 0 Å². The first-order valence-electron chi connectivity index (χ1n) is 9.68. The smallest absolute Gasteiger partial charge is 0.336 e. The number of nitrogens with one attached hydrogen (secondary N) is 1. The van der Waals surface area contributed by atoms with E-state index in [4.69, 9.17) is 10.5 Å². The van der Waals surface area contributed by atoms with Gasteiger partial charge in [0.2, 0.25) is 5.91 Å². The molecule has 8 heteroatoms. The Hall–Kier alpha value is -3.16. The van der Waals surface area contributed by atoms with Crippen LogP contribution in [-0.2, 0) is 14.3 Å². The number of nitrogens with zero attached hydrogens (tertiary/aromatic N) is 1. The molecule has 1 amide bonds. The number of allylic oxidation sites excluding steroid dienone is 2. The highest BCUT2D eigenvalue weighted by Gasteiger charge is 2.39. The lowest BCUT2D eigenvalue weighted by Gasteiger charge is -2.30. The largest absolute Gasteiger partial charge is 0.462 e. The van der Waals surface area contributed by atoms with E-state index in [1.807, 2.05) is 0 Å². The first kappa shape index (κ1) is 22.1. The lowest BCUT2D eigenvalue weighted by atomic mass is 9.79. The quantitative estimate of drug-likeness (QED) is 0.283. The fourth-order valence-electron chi connectivity index (χ4n) is 3.57. The lowest BCUT2D eigenvalue weighted by molar-refractivity contribution is -0.385. The molecule has 0 spiro atoms. The van der Waals surface area contributed by atoms with E-state index < -0.39 is 22.7 Å². The zero-order valence-corrected chi connectivity index (χ0v) is 17.0. The summed E-state index contributed by atoms with van der Waals surface area (Å²) < 4.78 is 5.43. The number of rotatable bonds is 9. The summed E-state index contributed by atoms with van der Waals surface area (Å²) in [6, 6.07) is 6.04. The number of para-hydroxylation sites is 1. The van der Waals surface area contributed by atoms with Gasteiger partial charge in [-0.25, -0.2) is 4.79 Å². The van der Waals surface area contributed by atoms with Crippen LogP contribution in [-0.4, -0.2) is 23.4 Å². The van der Waals surface area contributed by atoms with Gasteiger partial charge < -0.3 is 15.8 Å². The van der Waals surface area contributed by atoms with E-state index in [1.54, 1.807) is 19.9 Å². The van der Waals surface area contributed by atoms with Gasteiger partial charge in [-0.3, -0.25) is 14.9 Å². The summed E-state index contributed by atoms with van der Waals surface area (Å²) in [6.07, 6.45) is 3.79. The molecule has 0 saturated carbocycles. The third-order valence-electron chi connectivity index (χ3n) is 4.92. The van der Waals surface area contributed by atoms with Crippen molar-refractivity contribution in [1.82, 2.24) is 5.32 Å². The van der Waals surface area contributed by atoms with E-state index in [0.29, 0.717) is 11.4 Å². The number of ether oxygens (including phenoxy) is 1. The first-order valence-corrected chi connectivity index (χ1v) is 9.68. The van der Waals surface area contributed by atoms with Crippen molar-refractivity contribution in [2.24, 2.45) is 5.73 Å². The molecule has 0 saturated heterocycles. The summed E-state index contributed by atoms with van der Waals surface area (Å²) in [6.45, 7) is 5.66. The number of primary amides is 1. The molecule has 0 fully saturated rings. The molecule has 0 aromatic heterocycles. The van der Waals surface area contributed by atoms with E-state index in [0.717, 1.165) is 25.7 Å². The molecule has 2 rings (SSSR count). The van der Waals surface area contributed by atoms with Crippen LogP contribution in [0.15, 0.2) is 46.8 Å². The van der Waals surface area contributed by atoms with Crippen LogP contribution in [0, 0.1) is 10.1 Å². The standard InChI is InChI=1S/C21H27N3O5/c1-4-5-6-9-12-29-21(26)18-14(3)23-13(2)17(20(22)25)19(18)15-10-7-8-11-16(15)24(27)28/h7-8,10-11,19,23H,4-6,9,12H2,1-3H3,(H2,22,25). The highest BCUT2D eigenvalue weighted by molar-refractivity contribution is 6.01. The topological polar surface area (TPSA) is 125 Å². The number of carbonyl (C=O) groups excluding carboxylic acids is 2. The van der Waals surface area contributed by atoms with Crippen LogP contribution < -0.4 is 11.1 Å². The van der Waals surface area contributed by atoms with E-state index in [9.17, 15) is 19.7 Å². The van der Waals surface area contributed by atoms with Gasteiger partial charge in [0.05, 0.1) is 23.0 Å². The Morgan fingerprint density at radius 3 is 2.41 bits per heavy atom. The predicted octanol–water partition coefficient (Wildman–Crippen LogP) is 3.44. The molecule has 1 atom stereocenters. The number of hydrogen-bond donors (Lipinski definition) is 2. The average Bonchev–Trinajstić information content (AvgIpc) is 2.66. The Kier molecular flexibility index (Phi) is 7.52. The number of carbonyl (C=O) groups is 2. The lowest BCUT2D eigenvalue weighted by Crippen LogP contribution is -2.34. The molecule has 0 radical (unpaired) electrons.